The predicted octanol–water partition coefficient (Wildman–Crippen LogP) is 3.94. The van der Waals surface area contributed by atoms with Crippen LogP contribution in [0.15, 0.2) is 40.9 Å². The van der Waals surface area contributed by atoms with Gasteiger partial charge in [-0.15, -0.1) is 0 Å². The van der Waals surface area contributed by atoms with Crippen molar-refractivity contribution in [3.8, 4) is 22.9 Å². The summed E-state index contributed by atoms with van der Waals surface area (Å²) in [5.41, 5.74) is 0.828. The number of hydrogen-bond donors (Lipinski definition) is 0. The second-order valence-corrected chi connectivity index (χ2v) is 6.79. The van der Waals surface area contributed by atoms with Gasteiger partial charge in [0.2, 0.25) is 17.6 Å². The Morgan fingerprint density at radius 1 is 1.17 bits per heavy atom. The molecule has 0 aliphatic carbocycles. The molecule has 1 fully saturated rings. The van der Waals surface area contributed by atoms with E-state index in [2.05, 4.69) is 10.1 Å². The summed E-state index contributed by atoms with van der Waals surface area (Å²) in [6.45, 7) is 2.57. The topological polar surface area (TPSA) is 77.7 Å². The lowest BCUT2D eigenvalue weighted by Crippen LogP contribution is -2.24. The molecule has 1 atom stereocenters. The molecule has 0 radical (unpaired) electrons. The number of benzene rings is 2. The maximum atomic E-state index is 13.5. The summed E-state index contributed by atoms with van der Waals surface area (Å²) in [7, 11) is 1.54. The Labute approximate surface area is 171 Å². The number of methoxy groups -OCH3 is 1. The van der Waals surface area contributed by atoms with E-state index in [0.29, 0.717) is 29.5 Å². The molecule has 9 heteroatoms. The number of amides is 1. The zero-order chi connectivity index (χ0) is 21.3. The minimum atomic E-state index is -0.745. The summed E-state index contributed by atoms with van der Waals surface area (Å²) >= 11 is 0. The van der Waals surface area contributed by atoms with Crippen molar-refractivity contribution in [2.45, 2.75) is 19.3 Å². The second-order valence-electron chi connectivity index (χ2n) is 6.79. The molecular weight excluding hydrogens is 396 g/mol. The fraction of sp³-hybridized carbons (Fsp3) is 0.286. The van der Waals surface area contributed by atoms with Gasteiger partial charge in [0.1, 0.15) is 11.6 Å². The van der Waals surface area contributed by atoms with Gasteiger partial charge in [-0.3, -0.25) is 4.79 Å². The summed E-state index contributed by atoms with van der Waals surface area (Å²) in [6.07, 6.45) is 0.104. The number of anilines is 1. The minimum absolute atomic E-state index is 0.104. The van der Waals surface area contributed by atoms with Crippen molar-refractivity contribution in [3.05, 3.63) is 53.9 Å². The van der Waals surface area contributed by atoms with Crippen LogP contribution in [-0.2, 0) is 4.79 Å². The molecule has 0 bridgehead atoms. The van der Waals surface area contributed by atoms with E-state index < -0.39 is 11.6 Å². The monoisotopic (exact) mass is 415 g/mol. The minimum Gasteiger partial charge on any atom is -0.493 e. The van der Waals surface area contributed by atoms with Gasteiger partial charge in [0, 0.05) is 30.3 Å². The maximum Gasteiger partial charge on any atom is 0.232 e. The molecule has 1 aliphatic rings. The molecule has 2 aromatic carbocycles. The van der Waals surface area contributed by atoms with E-state index in [9.17, 15) is 13.6 Å². The van der Waals surface area contributed by atoms with Gasteiger partial charge in [-0.2, -0.15) is 4.98 Å². The molecule has 1 unspecified atom stereocenters. The Bertz CT molecular complexity index is 1070. The largest absolute Gasteiger partial charge is 0.493 e. The van der Waals surface area contributed by atoms with Crippen LogP contribution >= 0.6 is 0 Å². The molecule has 3 aromatic rings. The van der Waals surface area contributed by atoms with Crippen LogP contribution in [0.25, 0.3) is 11.4 Å². The number of halogens is 2. The molecule has 2 heterocycles. The van der Waals surface area contributed by atoms with Crippen LogP contribution < -0.4 is 14.4 Å². The van der Waals surface area contributed by atoms with Crippen molar-refractivity contribution in [2.24, 2.45) is 0 Å². The van der Waals surface area contributed by atoms with Crippen LogP contribution in [0.2, 0.25) is 0 Å². The number of ether oxygens (including phenoxy) is 2. The molecule has 0 N–H and O–H groups in total. The van der Waals surface area contributed by atoms with Crippen LogP contribution in [0.4, 0.5) is 14.5 Å². The number of carbonyl (C=O) groups is 1. The number of aromatic nitrogens is 2. The highest BCUT2D eigenvalue weighted by molar-refractivity contribution is 5.96. The average Bonchev–Trinajstić information content (AvgIpc) is 3.35. The highest BCUT2D eigenvalue weighted by Crippen LogP contribution is 2.34. The maximum absolute atomic E-state index is 13.5. The van der Waals surface area contributed by atoms with Crippen LogP contribution in [0, 0.1) is 11.6 Å². The smallest absolute Gasteiger partial charge is 0.232 e. The van der Waals surface area contributed by atoms with Gasteiger partial charge in [0.15, 0.2) is 11.5 Å². The van der Waals surface area contributed by atoms with Gasteiger partial charge in [-0.25, -0.2) is 8.78 Å². The summed E-state index contributed by atoms with van der Waals surface area (Å²) in [4.78, 5) is 18.1. The lowest BCUT2D eigenvalue weighted by atomic mass is 10.1. The van der Waals surface area contributed by atoms with Crippen molar-refractivity contribution in [2.75, 3.05) is 25.2 Å². The van der Waals surface area contributed by atoms with E-state index in [1.165, 1.54) is 12.0 Å². The zero-order valence-electron chi connectivity index (χ0n) is 16.4. The molecule has 0 spiro atoms. The molecule has 156 valence electrons. The highest BCUT2D eigenvalue weighted by Gasteiger charge is 2.35. The number of rotatable bonds is 6. The van der Waals surface area contributed by atoms with E-state index >= 15 is 0 Å². The number of hydrogen-bond acceptors (Lipinski definition) is 6. The number of carbonyl (C=O) groups excluding carboxylic acids is 1. The van der Waals surface area contributed by atoms with Crippen LogP contribution in [-0.4, -0.2) is 36.3 Å². The van der Waals surface area contributed by atoms with E-state index in [1.54, 1.807) is 18.2 Å². The molecule has 0 saturated carbocycles. The lowest BCUT2D eigenvalue weighted by molar-refractivity contribution is -0.117. The molecule has 1 aromatic heterocycles. The van der Waals surface area contributed by atoms with Crippen molar-refractivity contribution in [1.82, 2.24) is 10.1 Å². The fourth-order valence-electron chi connectivity index (χ4n) is 3.42. The van der Waals surface area contributed by atoms with Gasteiger partial charge in [0.05, 0.1) is 19.6 Å². The van der Waals surface area contributed by atoms with Crippen LogP contribution in [0.1, 0.15) is 25.2 Å². The fourth-order valence-corrected chi connectivity index (χ4v) is 3.42. The standard InChI is InChI=1S/C21H19F2N3O4/c1-3-29-17-5-4-12(6-18(17)28-2)20-24-21(30-25-20)13-7-19(27)26(11-13)16-9-14(22)8-15(23)10-16/h4-6,8-10,13H,3,7,11H2,1-2H3. The van der Waals surface area contributed by atoms with Crippen molar-refractivity contribution >= 4 is 11.6 Å². The van der Waals surface area contributed by atoms with E-state index in [-0.39, 0.29) is 36.4 Å². The highest BCUT2D eigenvalue weighted by atomic mass is 19.1. The van der Waals surface area contributed by atoms with Crippen molar-refractivity contribution in [1.29, 1.82) is 0 Å². The summed E-state index contributed by atoms with van der Waals surface area (Å²) in [6, 6.07) is 8.28. The van der Waals surface area contributed by atoms with Gasteiger partial charge in [-0.05, 0) is 37.3 Å². The van der Waals surface area contributed by atoms with Gasteiger partial charge in [-0.1, -0.05) is 5.16 Å². The van der Waals surface area contributed by atoms with Crippen molar-refractivity contribution < 1.29 is 27.6 Å². The first-order chi connectivity index (χ1) is 14.5. The van der Waals surface area contributed by atoms with E-state index in [0.717, 1.165) is 18.2 Å². The van der Waals surface area contributed by atoms with Crippen LogP contribution in [0.3, 0.4) is 0 Å². The zero-order valence-corrected chi connectivity index (χ0v) is 16.4. The van der Waals surface area contributed by atoms with E-state index in [4.69, 9.17) is 14.0 Å². The van der Waals surface area contributed by atoms with Gasteiger partial charge >= 0.3 is 0 Å². The molecule has 1 saturated heterocycles. The third-order valence-electron chi connectivity index (χ3n) is 4.80. The lowest BCUT2D eigenvalue weighted by Gasteiger charge is -2.16. The summed E-state index contributed by atoms with van der Waals surface area (Å²) in [5.74, 6) is -0.374. The van der Waals surface area contributed by atoms with E-state index in [1.807, 2.05) is 6.92 Å². The van der Waals surface area contributed by atoms with Gasteiger partial charge in [0.25, 0.3) is 0 Å². The third-order valence-corrected chi connectivity index (χ3v) is 4.80. The number of nitrogens with zero attached hydrogens (tertiary/aromatic N) is 3. The normalized spacial score (nSPS) is 16.2. The Morgan fingerprint density at radius 2 is 1.93 bits per heavy atom. The molecule has 30 heavy (non-hydrogen) atoms. The SMILES string of the molecule is CCOc1ccc(-c2noc(C3CC(=O)N(c4cc(F)cc(F)c4)C3)n2)cc1OC. The molecule has 4 rings (SSSR count). The van der Waals surface area contributed by atoms with Gasteiger partial charge < -0.3 is 18.9 Å². The quantitative estimate of drug-likeness (QED) is 0.607. The first kappa shape index (κ1) is 19.8. The third kappa shape index (κ3) is 3.83. The molecule has 1 aliphatic heterocycles. The summed E-state index contributed by atoms with van der Waals surface area (Å²) in [5, 5.41) is 4.00. The Kier molecular flexibility index (Phi) is 5.35. The molecule has 7 nitrogen and oxygen atoms in total. The predicted molar refractivity (Wildman–Crippen MR) is 104 cm³/mol. The molecule has 1 amide bonds. The van der Waals surface area contributed by atoms with Crippen molar-refractivity contribution in [3.63, 3.8) is 0 Å². The Balaban J connectivity index is 1.55. The Morgan fingerprint density at radius 3 is 2.63 bits per heavy atom. The van der Waals surface area contributed by atoms with Crippen LogP contribution in [0.5, 0.6) is 11.5 Å². The first-order valence-electron chi connectivity index (χ1n) is 9.39. The first-order valence-corrected chi connectivity index (χ1v) is 9.39. The second kappa shape index (κ2) is 8.10. The average molecular weight is 415 g/mol. The summed E-state index contributed by atoms with van der Waals surface area (Å²) < 4.78 is 43.3. The Hall–Kier alpha value is -3.49. The molecular formula is C21H19F2N3O4.